The van der Waals surface area contributed by atoms with E-state index in [0.29, 0.717) is 13.2 Å². The fraction of sp³-hybridized carbons (Fsp3) is 0.421. The molecule has 1 fully saturated rings. The Morgan fingerprint density at radius 3 is 3.04 bits per heavy atom. The number of hydrogen-bond donors (Lipinski definition) is 0. The highest BCUT2D eigenvalue weighted by molar-refractivity contribution is 5.86. The van der Waals surface area contributed by atoms with Crippen LogP contribution in [-0.2, 0) is 16.1 Å². The number of benzene rings is 1. The van der Waals surface area contributed by atoms with Gasteiger partial charge in [-0.05, 0) is 31.0 Å². The number of ether oxygens (including phenoxy) is 2. The highest BCUT2D eigenvalue weighted by atomic mass is 16.5. The molecule has 2 aromatic rings. The van der Waals surface area contributed by atoms with Gasteiger partial charge in [-0.2, -0.15) is 0 Å². The number of nitrogens with zero attached hydrogens (tertiary/aromatic N) is 1. The maximum atomic E-state index is 13.1. The van der Waals surface area contributed by atoms with E-state index in [1.54, 1.807) is 7.11 Å². The smallest absolute Gasteiger partial charge is 0.234 e. The van der Waals surface area contributed by atoms with Crippen LogP contribution in [0.4, 0.5) is 0 Å². The molecule has 0 radical (unpaired) electrons. The van der Waals surface area contributed by atoms with Crippen molar-refractivity contribution in [1.29, 1.82) is 0 Å². The summed E-state index contributed by atoms with van der Waals surface area (Å²) in [7, 11) is 1.64. The van der Waals surface area contributed by atoms with Crippen molar-refractivity contribution in [1.82, 2.24) is 4.90 Å². The SMILES string of the molecule is COCc1ccc(C2CCCN2C(=O)C2COc3ccccc32)o1. The Labute approximate surface area is 141 Å². The van der Waals surface area contributed by atoms with E-state index in [1.165, 1.54) is 0 Å². The van der Waals surface area contributed by atoms with Crippen LogP contribution in [0.2, 0.25) is 0 Å². The Morgan fingerprint density at radius 1 is 1.29 bits per heavy atom. The summed E-state index contributed by atoms with van der Waals surface area (Å²) in [6.07, 6.45) is 1.92. The van der Waals surface area contributed by atoms with Gasteiger partial charge in [0.15, 0.2) is 0 Å². The molecule has 126 valence electrons. The summed E-state index contributed by atoms with van der Waals surface area (Å²) in [4.78, 5) is 15.1. The van der Waals surface area contributed by atoms with Gasteiger partial charge in [-0.1, -0.05) is 18.2 Å². The summed E-state index contributed by atoms with van der Waals surface area (Å²) in [6, 6.07) is 11.7. The average Bonchev–Trinajstić information content (AvgIpc) is 3.33. The molecule has 2 aliphatic rings. The summed E-state index contributed by atoms with van der Waals surface area (Å²) in [5.74, 6) is 2.38. The first-order valence-corrected chi connectivity index (χ1v) is 8.37. The molecule has 0 bridgehead atoms. The first-order valence-electron chi connectivity index (χ1n) is 8.37. The highest BCUT2D eigenvalue weighted by Crippen LogP contribution is 2.39. The molecule has 2 atom stereocenters. The maximum Gasteiger partial charge on any atom is 0.234 e. The summed E-state index contributed by atoms with van der Waals surface area (Å²) in [5.41, 5.74) is 0.993. The molecule has 0 N–H and O–H groups in total. The largest absolute Gasteiger partial charge is 0.492 e. The first-order chi connectivity index (χ1) is 11.8. The summed E-state index contributed by atoms with van der Waals surface area (Å²) in [5, 5.41) is 0. The van der Waals surface area contributed by atoms with E-state index in [-0.39, 0.29) is 17.9 Å². The van der Waals surface area contributed by atoms with Gasteiger partial charge in [0.05, 0.1) is 6.04 Å². The van der Waals surface area contributed by atoms with Crippen LogP contribution in [0, 0.1) is 0 Å². The monoisotopic (exact) mass is 327 g/mol. The van der Waals surface area contributed by atoms with Crippen LogP contribution >= 0.6 is 0 Å². The average molecular weight is 327 g/mol. The van der Waals surface area contributed by atoms with E-state index in [0.717, 1.165) is 42.2 Å². The van der Waals surface area contributed by atoms with Crippen LogP contribution in [0.1, 0.15) is 41.9 Å². The standard InChI is InChI=1S/C19H21NO4/c1-22-11-13-8-9-18(24-13)16-6-4-10-20(16)19(21)15-12-23-17-7-3-2-5-14(15)17/h2-3,5,7-9,15-16H,4,6,10-12H2,1H3. The third-order valence-corrected chi connectivity index (χ3v) is 4.83. The number of hydrogen-bond acceptors (Lipinski definition) is 4. The summed E-state index contributed by atoms with van der Waals surface area (Å²) in [6.45, 7) is 1.64. The molecule has 1 saturated heterocycles. The zero-order chi connectivity index (χ0) is 16.5. The molecule has 24 heavy (non-hydrogen) atoms. The molecule has 2 aliphatic heterocycles. The predicted octanol–water partition coefficient (Wildman–Crippen LogP) is 3.27. The van der Waals surface area contributed by atoms with Crippen molar-refractivity contribution in [2.45, 2.75) is 31.4 Å². The van der Waals surface area contributed by atoms with Gasteiger partial charge in [0, 0.05) is 19.2 Å². The number of para-hydroxylation sites is 1. The second-order valence-electron chi connectivity index (χ2n) is 6.33. The quantitative estimate of drug-likeness (QED) is 0.865. The Morgan fingerprint density at radius 2 is 2.17 bits per heavy atom. The Balaban J connectivity index is 1.55. The van der Waals surface area contributed by atoms with Crippen LogP contribution in [0.25, 0.3) is 0 Å². The van der Waals surface area contributed by atoms with E-state index >= 15 is 0 Å². The van der Waals surface area contributed by atoms with E-state index in [2.05, 4.69) is 0 Å². The minimum Gasteiger partial charge on any atom is -0.492 e. The zero-order valence-electron chi connectivity index (χ0n) is 13.7. The van der Waals surface area contributed by atoms with Crippen LogP contribution in [0.5, 0.6) is 5.75 Å². The maximum absolute atomic E-state index is 13.1. The molecule has 1 aromatic heterocycles. The second-order valence-corrected chi connectivity index (χ2v) is 6.33. The van der Waals surface area contributed by atoms with Crippen molar-refractivity contribution in [2.24, 2.45) is 0 Å². The van der Waals surface area contributed by atoms with Gasteiger partial charge < -0.3 is 18.8 Å². The predicted molar refractivity (Wildman–Crippen MR) is 87.8 cm³/mol. The number of carbonyl (C=O) groups is 1. The van der Waals surface area contributed by atoms with Crippen molar-refractivity contribution in [3.63, 3.8) is 0 Å². The minimum atomic E-state index is -0.213. The third kappa shape index (κ3) is 2.59. The fourth-order valence-electron chi connectivity index (χ4n) is 3.69. The summed E-state index contributed by atoms with van der Waals surface area (Å²) >= 11 is 0. The Hall–Kier alpha value is -2.27. The third-order valence-electron chi connectivity index (χ3n) is 4.83. The van der Waals surface area contributed by atoms with Gasteiger partial charge in [-0.15, -0.1) is 0 Å². The molecule has 5 nitrogen and oxygen atoms in total. The van der Waals surface area contributed by atoms with Crippen molar-refractivity contribution >= 4 is 5.91 Å². The van der Waals surface area contributed by atoms with Gasteiger partial charge in [0.1, 0.15) is 36.4 Å². The van der Waals surface area contributed by atoms with E-state index in [4.69, 9.17) is 13.9 Å². The molecule has 5 heteroatoms. The highest BCUT2D eigenvalue weighted by Gasteiger charge is 2.39. The molecule has 1 aromatic carbocycles. The minimum absolute atomic E-state index is 0.0101. The van der Waals surface area contributed by atoms with Crippen LogP contribution in [0.3, 0.4) is 0 Å². The normalized spacial score (nSPS) is 22.5. The van der Waals surface area contributed by atoms with Gasteiger partial charge in [-0.25, -0.2) is 0 Å². The molecule has 4 rings (SSSR count). The molecule has 3 heterocycles. The molecular formula is C19H21NO4. The number of likely N-dealkylation sites (tertiary alicyclic amines) is 1. The molecular weight excluding hydrogens is 306 g/mol. The van der Waals surface area contributed by atoms with Crippen molar-refractivity contribution in [3.05, 3.63) is 53.5 Å². The van der Waals surface area contributed by atoms with Crippen molar-refractivity contribution in [2.75, 3.05) is 20.3 Å². The topological polar surface area (TPSA) is 51.9 Å². The fourth-order valence-corrected chi connectivity index (χ4v) is 3.69. The summed E-state index contributed by atoms with van der Waals surface area (Å²) < 4.78 is 16.7. The van der Waals surface area contributed by atoms with Crippen molar-refractivity contribution < 1.29 is 18.7 Å². The van der Waals surface area contributed by atoms with E-state index in [1.807, 2.05) is 41.3 Å². The lowest BCUT2D eigenvalue weighted by atomic mass is 9.99. The zero-order valence-corrected chi connectivity index (χ0v) is 13.7. The Bertz CT molecular complexity index is 738. The lowest BCUT2D eigenvalue weighted by Crippen LogP contribution is -2.35. The van der Waals surface area contributed by atoms with E-state index in [9.17, 15) is 4.79 Å². The Kier molecular flexibility index (Phi) is 4.02. The van der Waals surface area contributed by atoms with E-state index < -0.39 is 0 Å². The number of furan rings is 1. The van der Waals surface area contributed by atoms with Gasteiger partial charge in [-0.3, -0.25) is 4.79 Å². The molecule has 2 unspecified atom stereocenters. The number of fused-ring (bicyclic) bond motifs is 1. The second kappa shape index (κ2) is 6.32. The number of rotatable bonds is 4. The van der Waals surface area contributed by atoms with Crippen LogP contribution in [-0.4, -0.2) is 31.1 Å². The molecule has 0 saturated carbocycles. The van der Waals surface area contributed by atoms with Crippen LogP contribution < -0.4 is 4.74 Å². The van der Waals surface area contributed by atoms with Crippen LogP contribution in [0.15, 0.2) is 40.8 Å². The van der Waals surface area contributed by atoms with Gasteiger partial charge in [0.2, 0.25) is 5.91 Å². The molecule has 0 aliphatic carbocycles. The van der Waals surface area contributed by atoms with Gasteiger partial charge >= 0.3 is 0 Å². The lowest BCUT2D eigenvalue weighted by Gasteiger charge is -2.25. The number of methoxy groups -OCH3 is 1. The van der Waals surface area contributed by atoms with Crippen molar-refractivity contribution in [3.8, 4) is 5.75 Å². The number of carbonyl (C=O) groups excluding carboxylic acids is 1. The molecule has 0 spiro atoms. The van der Waals surface area contributed by atoms with Gasteiger partial charge in [0.25, 0.3) is 0 Å². The molecule has 1 amide bonds. The number of amides is 1. The first kappa shape index (κ1) is 15.3. The lowest BCUT2D eigenvalue weighted by molar-refractivity contribution is -0.134.